The van der Waals surface area contributed by atoms with Gasteiger partial charge in [-0.2, -0.15) is 5.10 Å². The molecule has 5 heteroatoms. The summed E-state index contributed by atoms with van der Waals surface area (Å²) in [4.78, 5) is 10.8. The third-order valence-corrected chi connectivity index (χ3v) is 2.04. The zero-order chi connectivity index (χ0) is 9.42. The number of H-pyrrole nitrogens is 1. The topological polar surface area (TPSA) is 66.0 Å². The number of fused-ring (bicyclic) bond motifs is 1. The van der Waals surface area contributed by atoms with Gasteiger partial charge in [0.25, 0.3) is 0 Å². The Morgan fingerprint density at radius 2 is 2.31 bits per heavy atom. The first-order valence-electron chi connectivity index (χ1n) is 3.56. The van der Waals surface area contributed by atoms with Crippen molar-refractivity contribution < 1.29 is 9.90 Å². The van der Waals surface area contributed by atoms with Crippen LogP contribution in [-0.2, 0) is 0 Å². The Labute approximate surface area is 78.1 Å². The Hall–Kier alpha value is -1.55. The number of nitrogens with one attached hydrogen (secondary N) is 1. The molecular formula is C8H5ClN2O2. The van der Waals surface area contributed by atoms with Gasteiger partial charge in [-0.05, 0) is 12.1 Å². The molecule has 1 heterocycles. The molecule has 66 valence electrons. The zero-order valence-corrected chi connectivity index (χ0v) is 7.17. The number of hydrogen-bond donors (Lipinski definition) is 2. The first kappa shape index (κ1) is 8.07. The van der Waals surface area contributed by atoms with Crippen molar-refractivity contribution in [2.45, 2.75) is 0 Å². The van der Waals surface area contributed by atoms with E-state index in [9.17, 15) is 4.79 Å². The van der Waals surface area contributed by atoms with Crippen molar-refractivity contribution in [3.05, 3.63) is 28.9 Å². The molecule has 2 N–H and O–H groups in total. The monoisotopic (exact) mass is 196 g/mol. The minimum absolute atomic E-state index is 0.163. The van der Waals surface area contributed by atoms with Gasteiger partial charge < -0.3 is 5.11 Å². The molecule has 1 aromatic heterocycles. The molecule has 0 atom stereocenters. The predicted octanol–water partition coefficient (Wildman–Crippen LogP) is 1.91. The van der Waals surface area contributed by atoms with Crippen LogP contribution < -0.4 is 0 Å². The maximum Gasteiger partial charge on any atom is 0.336 e. The predicted molar refractivity (Wildman–Crippen MR) is 48.1 cm³/mol. The fourth-order valence-electron chi connectivity index (χ4n) is 1.21. The van der Waals surface area contributed by atoms with E-state index in [0.29, 0.717) is 10.9 Å². The van der Waals surface area contributed by atoms with Crippen LogP contribution in [0.15, 0.2) is 18.2 Å². The largest absolute Gasteiger partial charge is 0.478 e. The van der Waals surface area contributed by atoms with Crippen LogP contribution in [0.4, 0.5) is 0 Å². The summed E-state index contributed by atoms with van der Waals surface area (Å²) in [5.74, 6) is -1.01. The standard InChI is InChI=1S/C8H5ClN2O2/c9-7-6-4(8(12)13)2-1-3-5(6)10-11-7/h1-3H,(H,10,11)(H,12,13). The van der Waals surface area contributed by atoms with Crippen molar-refractivity contribution in [1.29, 1.82) is 0 Å². The zero-order valence-electron chi connectivity index (χ0n) is 6.41. The van der Waals surface area contributed by atoms with Crippen molar-refractivity contribution in [3.8, 4) is 0 Å². The Balaban J connectivity index is 2.88. The van der Waals surface area contributed by atoms with Crippen LogP contribution in [0.1, 0.15) is 10.4 Å². The van der Waals surface area contributed by atoms with E-state index in [0.717, 1.165) is 0 Å². The molecule has 2 rings (SSSR count). The number of carbonyl (C=O) groups is 1. The van der Waals surface area contributed by atoms with E-state index in [1.165, 1.54) is 6.07 Å². The number of aromatic carboxylic acids is 1. The van der Waals surface area contributed by atoms with Gasteiger partial charge in [-0.25, -0.2) is 4.79 Å². The van der Waals surface area contributed by atoms with Crippen LogP contribution in [0.25, 0.3) is 10.9 Å². The molecule has 13 heavy (non-hydrogen) atoms. The molecule has 0 bridgehead atoms. The normalized spacial score (nSPS) is 10.5. The van der Waals surface area contributed by atoms with E-state index in [1.807, 2.05) is 0 Å². The van der Waals surface area contributed by atoms with Gasteiger partial charge in [0.1, 0.15) is 5.15 Å². The van der Waals surface area contributed by atoms with Gasteiger partial charge >= 0.3 is 5.97 Å². The quantitative estimate of drug-likeness (QED) is 0.732. The third-order valence-electron chi connectivity index (χ3n) is 1.77. The lowest BCUT2D eigenvalue weighted by Crippen LogP contribution is -1.96. The van der Waals surface area contributed by atoms with Gasteiger partial charge in [-0.15, -0.1) is 0 Å². The van der Waals surface area contributed by atoms with Crippen LogP contribution >= 0.6 is 11.6 Å². The summed E-state index contributed by atoms with van der Waals surface area (Å²) in [6, 6.07) is 4.82. The average Bonchev–Trinajstić information content (AvgIpc) is 2.48. The minimum Gasteiger partial charge on any atom is -0.478 e. The average molecular weight is 197 g/mol. The number of nitrogens with zero attached hydrogens (tertiary/aromatic N) is 1. The fraction of sp³-hybridized carbons (Fsp3) is 0. The molecular weight excluding hydrogens is 192 g/mol. The van der Waals surface area contributed by atoms with Crippen molar-refractivity contribution in [3.63, 3.8) is 0 Å². The van der Waals surface area contributed by atoms with Gasteiger partial charge in [0, 0.05) is 0 Å². The van der Waals surface area contributed by atoms with E-state index >= 15 is 0 Å². The van der Waals surface area contributed by atoms with Gasteiger partial charge in [0.05, 0.1) is 16.5 Å². The lowest BCUT2D eigenvalue weighted by atomic mass is 10.1. The second-order valence-electron chi connectivity index (χ2n) is 2.54. The second-order valence-corrected chi connectivity index (χ2v) is 2.92. The van der Waals surface area contributed by atoms with Crippen molar-refractivity contribution in [1.82, 2.24) is 10.2 Å². The SMILES string of the molecule is O=C(O)c1cccc2n[nH]c(Cl)c12. The van der Waals surface area contributed by atoms with Crippen LogP contribution in [-0.4, -0.2) is 21.3 Å². The fourth-order valence-corrected chi connectivity index (χ4v) is 1.45. The Morgan fingerprint density at radius 3 is 3.00 bits per heavy atom. The maximum atomic E-state index is 10.8. The highest BCUT2D eigenvalue weighted by Crippen LogP contribution is 2.23. The highest BCUT2D eigenvalue weighted by molar-refractivity contribution is 6.35. The Kier molecular flexibility index (Phi) is 1.70. The lowest BCUT2D eigenvalue weighted by molar-refractivity contribution is 0.0699. The summed E-state index contributed by atoms with van der Waals surface area (Å²) >= 11 is 5.74. The van der Waals surface area contributed by atoms with Gasteiger partial charge in [0.2, 0.25) is 0 Å². The summed E-state index contributed by atoms with van der Waals surface area (Å²) in [7, 11) is 0. The molecule has 0 aliphatic carbocycles. The first-order valence-corrected chi connectivity index (χ1v) is 3.94. The Morgan fingerprint density at radius 1 is 1.54 bits per heavy atom. The second kappa shape index (κ2) is 2.74. The van der Waals surface area contributed by atoms with Crippen LogP contribution in [0, 0.1) is 0 Å². The minimum atomic E-state index is -1.01. The molecule has 0 amide bonds. The molecule has 0 spiro atoms. The van der Waals surface area contributed by atoms with Gasteiger partial charge in [-0.3, -0.25) is 5.10 Å². The van der Waals surface area contributed by atoms with Crippen LogP contribution in [0.5, 0.6) is 0 Å². The number of aromatic amines is 1. The number of hydrogen-bond acceptors (Lipinski definition) is 2. The number of benzene rings is 1. The molecule has 0 unspecified atom stereocenters. The number of rotatable bonds is 1. The molecule has 1 aromatic carbocycles. The van der Waals surface area contributed by atoms with Gasteiger partial charge in [0.15, 0.2) is 0 Å². The number of aromatic nitrogens is 2. The van der Waals surface area contributed by atoms with Crippen molar-refractivity contribution in [2.75, 3.05) is 0 Å². The summed E-state index contributed by atoms with van der Waals surface area (Å²) < 4.78 is 0. The summed E-state index contributed by atoms with van der Waals surface area (Å²) in [6.45, 7) is 0. The molecule has 0 aliphatic rings. The molecule has 0 radical (unpaired) electrons. The van der Waals surface area contributed by atoms with Crippen molar-refractivity contribution >= 4 is 28.5 Å². The number of carboxylic acid groups (broad SMARTS) is 1. The summed E-state index contributed by atoms with van der Waals surface area (Å²) in [5, 5.41) is 15.9. The first-order chi connectivity index (χ1) is 6.20. The molecule has 0 fully saturated rings. The van der Waals surface area contributed by atoms with Crippen LogP contribution in [0.3, 0.4) is 0 Å². The highest BCUT2D eigenvalue weighted by Gasteiger charge is 2.12. The number of halogens is 1. The summed E-state index contributed by atoms with van der Waals surface area (Å²) in [5.41, 5.74) is 0.723. The summed E-state index contributed by atoms with van der Waals surface area (Å²) in [6.07, 6.45) is 0. The van der Waals surface area contributed by atoms with E-state index in [-0.39, 0.29) is 10.7 Å². The molecule has 4 nitrogen and oxygen atoms in total. The third kappa shape index (κ3) is 1.15. The van der Waals surface area contributed by atoms with Crippen LogP contribution in [0.2, 0.25) is 5.15 Å². The molecule has 0 saturated heterocycles. The molecule has 2 aromatic rings. The maximum absolute atomic E-state index is 10.8. The smallest absolute Gasteiger partial charge is 0.336 e. The van der Waals surface area contributed by atoms with E-state index in [1.54, 1.807) is 12.1 Å². The lowest BCUT2D eigenvalue weighted by Gasteiger charge is -1.95. The number of carboxylic acids is 1. The van der Waals surface area contributed by atoms with E-state index in [4.69, 9.17) is 16.7 Å². The van der Waals surface area contributed by atoms with Crippen molar-refractivity contribution in [2.24, 2.45) is 0 Å². The van der Waals surface area contributed by atoms with Gasteiger partial charge in [-0.1, -0.05) is 17.7 Å². The molecule has 0 aliphatic heterocycles. The van der Waals surface area contributed by atoms with E-state index in [2.05, 4.69) is 10.2 Å². The molecule has 0 saturated carbocycles. The Bertz CT molecular complexity index is 478. The van der Waals surface area contributed by atoms with E-state index < -0.39 is 5.97 Å². The highest BCUT2D eigenvalue weighted by atomic mass is 35.5.